The monoisotopic (exact) mass is 579 g/mol. The maximum Gasteiger partial charge on any atom is 0.319 e. The number of morpholine rings is 1. The highest BCUT2D eigenvalue weighted by atomic mass is 32.2. The molecule has 3 aromatic rings. The number of amides is 2. The van der Waals surface area contributed by atoms with Gasteiger partial charge in [0.15, 0.2) is 15.7 Å². The number of sulfone groups is 1. The lowest BCUT2D eigenvalue weighted by molar-refractivity contribution is 0.0985. The van der Waals surface area contributed by atoms with Gasteiger partial charge in [-0.15, -0.1) is 0 Å². The van der Waals surface area contributed by atoms with Crippen LogP contribution >= 0.6 is 0 Å². The highest BCUT2D eigenvalue weighted by Crippen LogP contribution is 2.51. The summed E-state index contributed by atoms with van der Waals surface area (Å²) in [6.07, 6.45) is 1.77. The van der Waals surface area contributed by atoms with E-state index >= 15 is 0 Å². The van der Waals surface area contributed by atoms with Gasteiger partial charge in [0, 0.05) is 23.9 Å². The van der Waals surface area contributed by atoms with Gasteiger partial charge in [0.25, 0.3) is 0 Å². The molecule has 1 saturated heterocycles. The van der Waals surface area contributed by atoms with Crippen LogP contribution in [0.2, 0.25) is 0 Å². The van der Waals surface area contributed by atoms with Crippen LogP contribution < -0.4 is 15.5 Å². The fourth-order valence-corrected chi connectivity index (χ4v) is 7.38. The number of carbonyl (C=O) groups excluding carboxylic acids is 1. The summed E-state index contributed by atoms with van der Waals surface area (Å²) in [6, 6.07) is 17.1. The number of hydrogen-bond acceptors (Lipinski definition) is 8. The van der Waals surface area contributed by atoms with E-state index in [0.717, 1.165) is 6.42 Å². The minimum Gasteiger partial charge on any atom is -0.394 e. The largest absolute Gasteiger partial charge is 0.394 e. The minimum absolute atomic E-state index is 0.0654. The lowest BCUT2D eigenvalue weighted by Gasteiger charge is -2.41. The van der Waals surface area contributed by atoms with Gasteiger partial charge in [0.1, 0.15) is 10.6 Å². The first kappa shape index (κ1) is 29.0. The third kappa shape index (κ3) is 5.79. The minimum atomic E-state index is -3.72. The molecule has 0 unspecified atom stereocenters. The smallest absolute Gasteiger partial charge is 0.319 e. The van der Waals surface area contributed by atoms with Crippen LogP contribution in [0.1, 0.15) is 45.7 Å². The number of aliphatic hydroxyl groups is 1. The van der Waals surface area contributed by atoms with E-state index in [1.165, 1.54) is 0 Å². The zero-order valence-electron chi connectivity index (χ0n) is 23.6. The molecule has 2 amide bonds. The van der Waals surface area contributed by atoms with E-state index < -0.39 is 26.2 Å². The molecule has 2 fully saturated rings. The summed E-state index contributed by atoms with van der Waals surface area (Å²) < 4.78 is 32.6. The molecule has 10 nitrogen and oxygen atoms in total. The molecule has 5 rings (SSSR count). The molecule has 1 aromatic heterocycles. The Morgan fingerprint density at radius 3 is 2.44 bits per heavy atom. The van der Waals surface area contributed by atoms with Gasteiger partial charge in [-0.3, -0.25) is 0 Å². The second kappa shape index (κ2) is 11.4. The van der Waals surface area contributed by atoms with E-state index in [0.29, 0.717) is 66.1 Å². The molecule has 2 aromatic carbocycles. The highest BCUT2D eigenvalue weighted by molar-refractivity contribution is 7.92. The maximum absolute atomic E-state index is 14.0. The second-order valence-corrected chi connectivity index (χ2v) is 13.7. The van der Waals surface area contributed by atoms with Crippen LogP contribution in [0.4, 0.5) is 16.3 Å². The van der Waals surface area contributed by atoms with Crippen LogP contribution in [-0.2, 0) is 19.3 Å². The third-order valence-corrected chi connectivity index (χ3v) is 10.4. The number of nitrogens with one attached hydrogen (secondary N) is 2. The summed E-state index contributed by atoms with van der Waals surface area (Å²) in [5.41, 5.74) is 0.991. The molecule has 0 spiro atoms. The lowest BCUT2D eigenvalue weighted by atomic mass is 9.81. The van der Waals surface area contributed by atoms with E-state index in [-0.39, 0.29) is 12.6 Å². The van der Waals surface area contributed by atoms with Crippen LogP contribution in [0, 0.1) is 0 Å². The van der Waals surface area contributed by atoms with Crippen LogP contribution in [-0.4, -0.2) is 67.5 Å². The van der Waals surface area contributed by atoms with Crippen molar-refractivity contribution in [1.29, 1.82) is 0 Å². The van der Waals surface area contributed by atoms with E-state index in [4.69, 9.17) is 14.7 Å². The van der Waals surface area contributed by atoms with Gasteiger partial charge >= 0.3 is 6.03 Å². The number of ether oxygens (including phenoxy) is 1. The van der Waals surface area contributed by atoms with Gasteiger partial charge in [-0.25, -0.2) is 23.2 Å². The Morgan fingerprint density at radius 2 is 1.83 bits per heavy atom. The third-order valence-electron chi connectivity index (χ3n) is 7.82. The zero-order chi connectivity index (χ0) is 29.3. The van der Waals surface area contributed by atoms with Crippen molar-refractivity contribution in [2.75, 3.05) is 36.6 Å². The first-order valence-corrected chi connectivity index (χ1v) is 15.4. The van der Waals surface area contributed by atoms with Crippen LogP contribution in [0.3, 0.4) is 0 Å². The van der Waals surface area contributed by atoms with Crippen molar-refractivity contribution in [1.82, 2.24) is 15.3 Å². The Hall–Kier alpha value is -3.54. The molecule has 2 aliphatic rings. The molecule has 1 atom stereocenters. The predicted molar refractivity (Wildman–Crippen MR) is 158 cm³/mol. The number of anilines is 2. The van der Waals surface area contributed by atoms with Crippen LogP contribution in [0.5, 0.6) is 0 Å². The number of urea groups is 1. The van der Waals surface area contributed by atoms with Gasteiger partial charge in [-0.05, 0) is 76.4 Å². The van der Waals surface area contributed by atoms with Gasteiger partial charge in [-0.1, -0.05) is 18.2 Å². The Morgan fingerprint density at radius 1 is 1.12 bits per heavy atom. The maximum atomic E-state index is 14.0. The number of aromatic nitrogens is 2. The van der Waals surface area contributed by atoms with Crippen LogP contribution in [0.25, 0.3) is 11.4 Å². The molecule has 218 valence electrons. The summed E-state index contributed by atoms with van der Waals surface area (Å²) in [4.78, 5) is 24.6. The summed E-state index contributed by atoms with van der Waals surface area (Å²) >= 11 is 0. The molecule has 1 aliphatic heterocycles. The molecule has 1 saturated carbocycles. The Balaban J connectivity index is 1.53. The van der Waals surface area contributed by atoms with Crippen molar-refractivity contribution in [3.8, 4) is 11.4 Å². The summed E-state index contributed by atoms with van der Waals surface area (Å²) in [7, 11) is -3.72. The molecular weight excluding hydrogens is 542 g/mol. The number of rotatable bonds is 8. The molecule has 0 bridgehead atoms. The number of hydrogen-bond donors (Lipinski definition) is 3. The fraction of sp³-hybridized carbons (Fsp3) is 0.433. The number of nitrogens with zero attached hydrogens (tertiary/aromatic N) is 3. The van der Waals surface area contributed by atoms with E-state index in [1.54, 1.807) is 62.4 Å². The van der Waals surface area contributed by atoms with Crippen molar-refractivity contribution in [2.24, 2.45) is 0 Å². The molecule has 41 heavy (non-hydrogen) atoms. The number of benzene rings is 2. The fourth-order valence-electron chi connectivity index (χ4n) is 5.21. The van der Waals surface area contributed by atoms with Crippen molar-refractivity contribution in [2.45, 2.75) is 61.3 Å². The standard InChI is InChI=1S/C30H37N5O5S/c1-21-19-40-17-16-35(21)26-18-25(30(14-7-15-30)41(38,39)24-8-5-4-6-9-24)32-27(33-26)22-10-12-23(13-11-22)31-28(37)34-29(2,3)20-36/h4-6,8-13,18,21,36H,7,14-17,19-20H2,1-3H3,(H2,31,34,37)/t21-/m0/s1. The quantitative estimate of drug-likeness (QED) is 0.363. The average molecular weight is 580 g/mol. The van der Waals surface area contributed by atoms with Crippen molar-refractivity contribution in [3.05, 3.63) is 66.4 Å². The number of carbonyl (C=O) groups is 1. The SMILES string of the molecule is C[C@H]1COCCN1c1cc(C2(S(=O)(=O)c3ccccc3)CCC2)nc(-c2ccc(NC(=O)NC(C)(C)CO)cc2)n1. The predicted octanol–water partition coefficient (Wildman–Crippen LogP) is 4.11. The van der Waals surface area contributed by atoms with Crippen molar-refractivity contribution < 1.29 is 23.1 Å². The molecule has 1 aliphatic carbocycles. The molecule has 2 heterocycles. The van der Waals surface area contributed by atoms with Gasteiger partial charge < -0.3 is 25.4 Å². The molecule has 0 radical (unpaired) electrons. The summed E-state index contributed by atoms with van der Waals surface area (Å²) in [6.45, 7) is 7.06. The number of aliphatic hydroxyl groups excluding tert-OH is 1. The second-order valence-electron chi connectivity index (χ2n) is 11.4. The zero-order valence-corrected chi connectivity index (χ0v) is 24.4. The first-order valence-electron chi connectivity index (χ1n) is 13.9. The van der Waals surface area contributed by atoms with E-state index in [1.807, 2.05) is 12.1 Å². The Bertz CT molecular complexity index is 1490. The lowest BCUT2D eigenvalue weighted by Crippen LogP contribution is -2.48. The van der Waals surface area contributed by atoms with Gasteiger partial charge in [0.05, 0.1) is 42.0 Å². The van der Waals surface area contributed by atoms with E-state index in [9.17, 15) is 18.3 Å². The first-order chi connectivity index (χ1) is 19.5. The van der Waals surface area contributed by atoms with Gasteiger partial charge in [0.2, 0.25) is 0 Å². The van der Waals surface area contributed by atoms with Crippen LogP contribution in [0.15, 0.2) is 65.6 Å². The van der Waals surface area contributed by atoms with Crippen molar-refractivity contribution in [3.63, 3.8) is 0 Å². The molecule has 3 N–H and O–H groups in total. The normalized spacial score (nSPS) is 18.8. The molecule has 11 heteroatoms. The van der Waals surface area contributed by atoms with Gasteiger partial charge in [-0.2, -0.15) is 0 Å². The summed E-state index contributed by atoms with van der Waals surface area (Å²) in [5.74, 6) is 1.09. The topological polar surface area (TPSA) is 134 Å². The average Bonchev–Trinajstić information content (AvgIpc) is 2.93. The Kier molecular flexibility index (Phi) is 8.04. The molecular formula is C30H37N5O5S. The highest BCUT2D eigenvalue weighted by Gasteiger charge is 2.52. The summed E-state index contributed by atoms with van der Waals surface area (Å²) in [5, 5.41) is 14.9. The Labute approximate surface area is 241 Å². The van der Waals surface area contributed by atoms with E-state index in [2.05, 4.69) is 22.5 Å². The van der Waals surface area contributed by atoms with Crippen molar-refractivity contribution >= 4 is 27.4 Å².